The Bertz CT molecular complexity index is 1030. The van der Waals surface area contributed by atoms with Crippen molar-refractivity contribution in [2.45, 2.75) is 92.2 Å². The molecular formula is C25H36N6O. The summed E-state index contributed by atoms with van der Waals surface area (Å²) in [6, 6.07) is 2.31. The molecule has 172 valence electrons. The number of imidazole rings is 1. The zero-order valence-electron chi connectivity index (χ0n) is 20.1. The van der Waals surface area contributed by atoms with E-state index in [0.29, 0.717) is 29.1 Å². The fraction of sp³-hybridized carbons (Fsp3) is 0.720. The molecule has 0 radical (unpaired) electrons. The predicted octanol–water partition coefficient (Wildman–Crippen LogP) is 5.35. The van der Waals surface area contributed by atoms with E-state index in [2.05, 4.69) is 44.8 Å². The van der Waals surface area contributed by atoms with E-state index in [1.165, 1.54) is 32.1 Å². The van der Waals surface area contributed by atoms with Gasteiger partial charge in [0, 0.05) is 18.0 Å². The van der Waals surface area contributed by atoms with Crippen molar-refractivity contribution in [3.05, 3.63) is 11.6 Å². The Kier molecular flexibility index (Phi) is 6.24. The standard InChI is InChI=1S/C25H36N6O/c1-15-9-11-17(12-10-15)14-31-20-22(27-16(2)18-7-6-8-18)28-19(13-26)29-23(20)30-24(31)21(32)25(3,4)5/h15-18H,6-12,14H2,1-5H3,(H,27,28,29)/t15?,16-,17?/m1/s1. The summed E-state index contributed by atoms with van der Waals surface area (Å²) in [5, 5.41) is 13.1. The van der Waals surface area contributed by atoms with Crippen LogP contribution < -0.4 is 5.32 Å². The molecule has 2 saturated carbocycles. The molecule has 1 N–H and O–H groups in total. The van der Waals surface area contributed by atoms with Crippen LogP contribution in [0, 0.1) is 34.5 Å². The van der Waals surface area contributed by atoms with E-state index in [0.717, 1.165) is 30.8 Å². The molecule has 0 saturated heterocycles. The lowest BCUT2D eigenvalue weighted by atomic mass is 9.80. The summed E-state index contributed by atoms with van der Waals surface area (Å²) in [5.74, 6) is 3.04. The van der Waals surface area contributed by atoms with Gasteiger partial charge in [-0.25, -0.2) is 4.98 Å². The first-order chi connectivity index (χ1) is 15.2. The molecule has 7 nitrogen and oxygen atoms in total. The Labute approximate surface area is 191 Å². The van der Waals surface area contributed by atoms with Crippen molar-refractivity contribution >= 4 is 22.8 Å². The molecule has 7 heteroatoms. The van der Waals surface area contributed by atoms with Gasteiger partial charge in [0.2, 0.25) is 11.6 Å². The van der Waals surface area contributed by atoms with Crippen LogP contribution in [0.1, 0.15) is 96.0 Å². The number of nitrogens with zero attached hydrogens (tertiary/aromatic N) is 5. The zero-order chi connectivity index (χ0) is 23.0. The van der Waals surface area contributed by atoms with E-state index >= 15 is 0 Å². The van der Waals surface area contributed by atoms with Crippen LogP contribution in [0.3, 0.4) is 0 Å². The molecule has 0 bridgehead atoms. The molecule has 2 heterocycles. The number of carbonyl (C=O) groups is 1. The number of carbonyl (C=O) groups excluding carboxylic acids is 1. The molecule has 0 aliphatic heterocycles. The number of Topliss-reactive ketones (excluding diaryl/α,β-unsaturated/α-hetero) is 1. The normalized spacial score (nSPS) is 22.9. The molecule has 2 aromatic heterocycles. The van der Waals surface area contributed by atoms with Gasteiger partial charge in [0.05, 0.1) is 0 Å². The van der Waals surface area contributed by atoms with Crippen molar-refractivity contribution in [1.82, 2.24) is 19.5 Å². The highest BCUT2D eigenvalue weighted by Gasteiger charge is 2.32. The third-order valence-electron chi connectivity index (χ3n) is 7.38. The van der Waals surface area contributed by atoms with E-state index in [-0.39, 0.29) is 17.6 Å². The van der Waals surface area contributed by atoms with Gasteiger partial charge < -0.3 is 9.88 Å². The number of rotatable bonds is 6. The molecule has 2 fully saturated rings. The second kappa shape index (κ2) is 8.80. The maximum Gasteiger partial charge on any atom is 0.236 e. The number of anilines is 1. The second-order valence-corrected chi connectivity index (χ2v) is 11.1. The van der Waals surface area contributed by atoms with Crippen LogP contribution in [0.5, 0.6) is 0 Å². The monoisotopic (exact) mass is 436 g/mol. The zero-order valence-corrected chi connectivity index (χ0v) is 20.1. The molecule has 0 aromatic carbocycles. The largest absolute Gasteiger partial charge is 0.365 e. The summed E-state index contributed by atoms with van der Waals surface area (Å²) >= 11 is 0. The molecule has 2 aliphatic rings. The molecular weight excluding hydrogens is 400 g/mol. The Morgan fingerprint density at radius 2 is 1.84 bits per heavy atom. The fourth-order valence-corrected chi connectivity index (χ4v) is 4.92. The summed E-state index contributed by atoms with van der Waals surface area (Å²) in [4.78, 5) is 27.0. The Balaban J connectivity index is 1.81. The number of fused-ring (bicyclic) bond motifs is 1. The number of ketones is 1. The van der Waals surface area contributed by atoms with Crippen molar-refractivity contribution in [2.75, 3.05) is 5.32 Å². The van der Waals surface area contributed by atoms with Crippen molar-refractivity contribution in [2.24, 2.45) is 23.2 Å². The summed E-state index contributed by atoms with van der Waals surface area (Å²) in [5.41, 5.74) is 0.649. The Hall–Kier alpha value is -2.49. The topological polar surface area (TPSA) is 96.5 Å². The number of hydrogen-bond donors (Lipinski definition) is 1. The molecule has 2 aromatic rings. The van der Waals surface area contributed by atoms with Gasteiger partial charge in [-0.3, -0.25) is 4.79 Å². The van der Waals surface area contributed by atoms with Gasteiger partial charge in [-0.1, -0.05) is 47.0 Å². The average molecular weight is 437 g/mol. The fourth-order valence-electron chi connectivity index (χ4n) is 4.92. The highest BCUT2D eigenvalue weighted by molar-refractivity contribution is 6.00. The minimum absolute atomic E-state index is 0.00354. The summed E-state index contributed by atoms with van der Waals surface area (Å²) < 4.78 is 2.06. The number of nitrogens with one attached hydrogen (secondary N) is 1. The minimum atomic E-state index is -0.557. The van der Waals surface area contributed by atoms with E-state index in [1.54, 1.807) is 0 Å². The van der Waals surface area contributed by atoms with Gasteiger partial charge in [0.15, 0.2) is 17.3 Å². The smallest absolute Gasteiger partial charge is 0.236 e. The summed E-state index contributed by atoms with van der Waals surface area (Å²) in [6.07, 6.45) is 8.44. The third kappa shape index (κ3) is 4.51. The SMILES string of the molecule is CC1CCC(Cn2c(C(=O)C(C)(C)C)nc3nc(C#N)nc(N[C@H](C)C4CCC4)c32)CC1. The lowest BCUT2D eigenvalue weighted by Crippen LogP contribution is -2.31. The highest BCUT2D eigenvalue weighted by Crippen LogP contribution is 2.35. The predicted molar refractivity (Wildman–Crippen MR) is 125 cm³/mol. The number of aromatic nitrogens is 4. The molecule has 32 heavy (non-hydrogen) atoms. The summed E-state index contributed by atoms with van der Waals surface area (Å²) in [7, 11) is 0. The van der Waals surface area contributed by atoms with Gasteiger partial charge in [0.25, 0.3) is 0 Å². The Morgan fingerprint density at radius 3 is 2.41 bits per heavy atom. The average Bonchev–Trinajstić information content (AvgIpc) is 3.05. The Morgan fingerprint density at radius 1 is 1.16 bits per heavy atom. The van der Waals surface area contributed by atoms with Crippen LogP contribution in [0.25, 0.3) is 11.2 Å². The first-order valence-electron chi connectivity index (χ1n) is 12.2. The van der Waals surface area contributed by atoms with Crippen LogP contribution in [0.2, 0.25) is 0 Å². The molecule has 0 amide bonds. The molecule has 0 spiro atoms. The van der Waals surface area contributed by atoms with Gasteiger partial charge in [-0.05, 0) is 50.4 Å². The van der Waals surface area contributed by atoms with E-state index in [4.69, 9.17) is 0 Å². The molecule has 2 aliphatic carbocycles. The maximum absolute atomic E-state index is 13.4. The number of nitriles is 1. The third-order valence-corrected chi connectivity index (χ3v) is 7.38. The van der Waals surface area contributed by atoms with Crippen LogP contribution in [-0.4, -0.2) is 31.3 Å². The maximum atomic E-state index is 13.4. The van der Waals surface area contributed by atoms with Crippen molar-refractivity contribution < 1.29 is 4.79 Å². The van der Waals surface area contributed by atoms with E-state index < -0.39 is 5.41 Å². The van der Waals surface area contributed by atoms with Crippen molar-refractivity contribution in [3.8, 4) is 6.07 Å². The van der Waals surface area contributed by atoms with Crippen LogP contribution in [0.4, 0.5) is 5.82 Å². The minimum Gasteiger partial charge on any atom is -0.365 e. The first kappa shape index (κ1) is 22.7. The van der Waals surface area contributed by atoms with Crippen LogP contribution >= 0.6 is 0 Å². The lowest BCUT2D eigenvalue weighted by molar-refractivity contribution is 0.0840. The van der Waals surface area contributed by atoms with Crippen LogP contribution in [0.15, 0.2) is 0 Å². The number of hydrogen-bond acceptors (Lipinski definition) is 6. The summed E-state index contributed by atoms with van der Waals surface area (Å²) in [6.45, 7) is 11.0. The first-order valence-corrected chi connectivity index (χ1v) is 12.2. The van der Waals surface area contributed by atoms with E-state index in [1.807, 2.05) is 20.8 Å². The quantitative estimate of drug-likeness (QED) is 0.613. The van der Waals surface area contributed by atoms with E-state index in [9.17, 15) is 10.1 Å². The molecule has 1 atom stereocenters. The van der Waals surface area contributed by atoms with Crippen molar-refractivity contribution in [1.29, 1.82) is 5.26 Å². The van der Waals surface area contributed by atoms with Crippen LogP contribution in [-0.2, 0) is 6.54 Å². The lowest BCUT2D eigenvalue weighted by Gasteiger charge is -2.32. The highest BCUT2D eigenvalue weighted by atomic mass is 16.1. The molecule has 0 unspecified atom stereocenters. The van der Waals surface area contributed by atoms with Gasteiger partial charge in [0.1, 0.15) is 11.6 Å². The van der Waals surface area contributed by atoms with Crippen molar-refractivity contribution in [3.63, 3.8) is 0 Å². The van der Waals surface area contributed by atoms with Gasteiger partial charge in [-0.2, -0.15) is 15.2 Å². The second-order valence-electron chi connectivity index (χ2n) is 11.1. The van der Waals surface area contributed by atoms with Gasteiger partial charge >= 0.3 is 0 Å². The molecule has 4 rings (SSSR count). The van der Waals surface area contributed by atoms with Gasteiger partial charge in [-0.15, -0.1) is 0 Å².